The largest absolute Gasteiger partial charge is 0.377 e. The summed E-state index contributed by atoms with van der Waals surface area (Å²) in [5.41, 5.74) is 1.35. The smallest absolute Gasteiger partial charge is 0.0671 e. The van der Waals surface area contributed by atoms with Gasteiger partial charge in [0, 0.05) is 12.6 Å². The van der Waals surface area contributed by atoms with E-state index in [4.69, 9.17) is 4.74 Å². The van der Waals surface area contributed by atoms with Crippen LogP contribution in [0.1, 0.15) is 25.3 Å². The Morgan fingerprint density at radius 1 is 1.31 bits per heavy atom. The third-order valence-corrected chi connectivity index (χ3v) is 2.91. The predicted molar refractivity (Wildman–Crippen MR) is 66.6 cm³/mol. The Kier molecular flexibility index (Phi) is 4.37. The van der Waals surface area contributed by atoms with Crippen molar-refractivity contribution in [1.82, 2.24) is 5.32 Å². The van der Waals surface area contributed by atoms with Gasteiger partial charge in [-0.1, -0.05) is 30.3 Å². The second-order valence-electron chi connectivity index (χ2n) is 4.60. The highest BCUT2D eigenvalue weighted by Gasteiger charge is 2.20. The van der Waals surface area contributed by atoms with E-state index < -0.39 is 0 Å². The van der Waals surface area contributed by atoms with Crippen LogP contribution in [0.4, 0.5) is 0 Å². The van der Waals surface area contributed by atoms with E-state index in [1.807, 2.05) is 6.07 Å². The summed E-state index contributed by atoms with van der Waals surface area (Å²) in [6, 6.07) is 11.3. The highest BCUT2D eigenvalue weighted by Crippen LogP contribution is 2.18. The molecule has 2 rings (SSSR count). The van der Waals surface area contributed by atoms with Gasteiger partial charge in [-0.3, -0.25) is 0 Å². The summed E-state index contributed by atoms with van der Waals surface area (Å²) in [4.78, 5) is 0. The molecule has 1 unspecified atom stereocenters. The molecule has 0 spiro atoms. The van der Waals surface area contributed by atoms with E-state index >= 15 is 0 Å². The van der Waals surface area contributed by atoms with Gasteiger partial charge in [-0.2, -0.15) is 0 Å². The molecule has 2 heteroatoms. The third kappa shape index (κ3) is 4.33. The number of hydrogen-bond acceptors (Lipinski definition) is 2. The van der Waals surface area contributed by atoms with Crippen LogP contribution in [0.3, 0.4) is 0 Å². The van der Waals surface area contributed by atoms with Gasteiger partial charge in [0.1, 0.15) is 0 Å². The van der Waals surface area contributed by atoms with Gasteiger partial charge < -0.3 is 10.1 Å². The fourth-order valence-electron chi connectivity index (χ4n) is 1.70. The molecular weight excluding hydrogens is 198 g/mol. The van der Waals surface area contributed by atoms with Crippen LogP contribution in [0.25, 0.3) is 0 Å². The molecule has 16 heavy (non-hydrogen) atoms. The fraction of sp³-hybridized carbons (Fsp3) is 0.571. The van der Waals surface area contributed by atoms with Gasteiger partial charge in [0.2, 0.25) is 0 Å². The van der Waals surface area contributed by atoms with E-state index in [2.05, 4.69) is 36.5 Å². The second-order valence-corrected chi connectivity index (χ2v) is 4.60. The van der Waals surface area contributed by atoms with E-state index in [1.165, 1.54) is 18.4 Å². The molecule has 0 saturated heterocycles. The molecule has 88 valence electrons. The first-order valence-corrected chi connectivity index (χ1v) is 6.23. The van der Waals surface area contributed by atoms with E-state index in [9.17, 15) is 0 Å². The Balaban J connectivity index is 1.56. The van der Waals surface area contributed by atoms with Crippen molar-refractivity contribution in [1.29, 1.82) is 0 Å². The van der Waals surface area contributed by atoms with Gasteiger partial charge in [-0.15, -0.1) is 0 Å². The van der Waals surface area contributed by atoms with Crippen molar-refractivity contribution in [3.8, 4) is 0 Å². The van der Waals surface area contributed by atoms with Crippen molar-refractivity contribution in [3.05, 3.63) is 35.9 Å². The average Bonchev–Trinajstić information content (AvgIpc) is 3.12. The Morgan fingerprint density at radius 3 is 2.75 bits per heavy atom. The molecule has 2 nitrogen and oxygen atoms in total. The Hall–Kier alpha value is -0.860. The van der Waals surface area contributed by atoms with E-state index in [0.29, 0.717) is 6.10 Å². The lowest BCUT2D eigenvalue weighted by molar-refractivity contribution is 0.0679. The van der Waals surface area contributed by atoms with Crippen LogP contribution in [0.15, 0.2) is 30.3 Å². The first kappa shape index (κ1) is 11.6. The molecule has 0 heterocycles. The molecule has 1 fully saturated rings. The number of hydrogen-bond donors (Lipinski definition) is 1. The predicted octanol–water partition coefficient (Wildman–Crippen LogP) is 2.39. The quantitative estimate of drug-likeness (QED) is 0.760. The summed E-state index contributed by atoms with van der Waals surface area (Å²) in [6.07, 6.45) is 4.02. The van der Waals surface area contributed by atoms with Gasteiger partial charge in [0.15, 0.2) is 0 Å². The molecule has 0 bridgehead atoms. The molecule has 1 aliphatic carbocycles. The molecular formula is C14H21NO. The summed E-state index contributed by atoms with van der Waals surface area (Å²) < 4.78 is 5.76. The summed E-state index contributed by atoms with van der Waals surface area (Å²) in [5, 5.41) is 3.48. The summed E-state index contributed by atoms with van der Waals surface area (Å²) in [7, 11) is 0. The fourth-order valence-corrected chi connectivity index (χ4v) is 1.70. The SMILES string of the molecule is CC(CNC1CC1)OCCc1ccccc1. The van der Waals surface area contributed by atoms with Crippen LogP contribution in [0, 0.1) is 0 Å². The lowest BCUT2D eigenvalue weighted by atomic mass is 10.2. The molecule has 0 amide bonds. The minimum Gasteiger partial charge on any atom is -0.377 e. The Labute approximate surface area is 98.0 Å². The van der Waals surface area contributed by atoms with Crippen molar-refractivity contribution in [3.63, 3.8) is 0 Å². The van der Waals surface area contributed by atoms with Crippen molar-refractivity contribution < 1.29 is 4.74 Å². The molecule has 0 aromatic heterocycles. The van der Waals surface area contributed by atoms with Gasteiger partial charge >= 0.3 is 0 Å². The van der Waals surface area contributed by atoms with Crippen molar-refractivity contribution in [2.45, 2.75) is 38.3 Å². The van der Waals surface area contributed by atoms with Gasteiger partial charge in [0.05, 0.1) is 12.7 Å². The highest BCUT2D eigenvalue weighted by atomic mass is 16.5. The second kappa shape index (κ2) is 6.02. The van der Waals surface area contributed by atoms with E-state index in [0.717, 1.165) is 25.6 Å². The van der Waals surface area contributed by atoms with Crippen LogP contribution < -0.4 is 5.32 Å². The van der Waals surface area contributed by atoms with Crippen molar-refractivity contribution >= 4 is 0 Å². The molecule has 1 aromatic carbocycles. The van der Waals surface area contributed by atoms with Crippen LogP contribution in [-0.4, -0.2) is 25.3 Å². The standard InChI is InChI=1S/C14H21NO/c1-12(11-15-14-7-8-14)16-10-9-13-5-3-2-4-6-13/h2-6,12,14-15H,7-11H2,1H3. The molecule has 0 aliphatic heterocycles. The molecule has 1 aliphatic rings. The first-order valence-electron chi connectivity index (χ1n) is 6.23. The first-order chi connectivity index (χ1) is 7.84. The van der Waals surface area contributed by atoms with Crippen LogP contribution >= 0.6 is 0 Å². The maximum atomic E-state index is 5.76. The molecule has 1 N–H and O–H groups in total. The van der Waals surface area contributed by atoms with Crippen molar-refractivity contribution in [2.75, 3.05) is 13.2 Å². The van der Waals surface area contributed by atoms with Crippen LogP contribution in [-0.2, 0) is 11.2 Å². The van der Waals surface area contributed by atoms with Gasteiger partial charge in [0.25, 0.3) is 0 Å². The monoisotopic (exact) mass is 219 g/mol. The maximum Gasteiger partial charge on any atom is 0.0671 e. The van der Waals surface area contributed by atoms with E-state index in [-0.39, 0.29) is 0 Å². The number of benzene rings is 1. The van der Waals surface area contributed by atoms with Crippen LogP contribution in [0.2, 0.25) is 0 Å². The average molecular weight is 219 g/mol. The molecule has 0 radical (unpaired) electrons. The number of ether oxygens (including phenoxy) is 1. The lowest BCUT2D eigenvalue weighted by Crippen LogP contribution is -2.28. The topological polar surface area (TPSA) is 21.3 Å². The van der Waals surface area contributed by atoms with Gasteiger partial charge in [-0.25, -0.2) is 0 Å². The highest BCUT2D eigenvalue weighted by molar-refractivity contribution is 5.14. The van der Waals surface area contributed by atoms with Crippen molar-refractivity contribution in [2.24, 2.45) is 0 Å². The third-order valence-electron chi connectivity index (χ3n) is 2.91. The van der Waals surface area contributed by atoms with E-state index in [1.54, 1.807) is 0 Å². The minimum absolute atomic E-state index is 0.323. The zero-order chi connectivity index (χ0) is 11.2. The molecule has 1 saturated carbocycles. The Bertz CT molecular complexity index is 295. The molecule has 1 aromatic rings. The maximum absolute atomic E-state index is 5.76. The summed E-state index contributed by atoms with van der Waals surface area (Å²) in [5.74, 6) is 0. The lowest BCUT2D eigenvalue weighted by Gasteiger charge is -2.13. The zero-order valence-electron chi connectivity index (χ0n) is 9.99. The number of rotatable bonds is 7. The zero-order valence-corrected chi connectivity index (χ0v) is 9.99. The Morgan fingerprint density at radius 2 is 2.06 bits per heavy atom. The minimum atomic E-state index is 0.323. The van der Waals surface area contributed by atoms with Gasteiger partial charge in [-0.05, 0) is 31.7 Å². The summed E-state index contributed by atoms with van der Waals surface area (Å²) >= 11 is 0. The normalized spacial score (nSPS) is 17.3. The number of nitrogens with one attached hydrogen (secondary N) is 1. The molecule has 1 atom stereocenters. The summed E-state index contributed by atoms with van der Waals surface area (Å²) in [6.45, 7) is 3.94. The van der Waals surface area contributed by atoms with Crippen LogP contribution in [0.5, 0.6) is 0 Å².